The molecule has 0 saturated carbocycles. The van der Waals surface area contributed by atoms with Gasteiger partial charge in [-0.1, -0.05) is 6.42 Å². The molecule has 1 fully saturated rings. The van der Waals surface area contributed by atoms with Crippen LogP contribution in [-0.2, 0) is 0 Å². The van der Waals surface area contributed by atoms with Crippen LogP contribution in [0.15, 0.2) is 47.1 Å². The summed E-state index contributed by atoms with van der Waals surface area (Å²) in [6, 6.07) is 9.22. The van der Waals surface area contributed by atoms with Crippen molar-refractivity contribution in [3.05, 3.63) is 54.2 Å². The summed E-state index contributed by atoms with van der Waals surface area (Å²) in [5, 5.41) is 5.59. The summed E-state index contributed by atoms with van der Waals surface area (Å²) in [7, 11) is 0. The highest BCUT2D eigenvalue weighted by molar-refractivity contribution is 5.89. The van der Waals surface area contributed by atoms with Crippen molar-refractivity contribution in [2.24, 2.45) is 0 Å². The number of carbonyl (C=O) groups is 1. The maximum absolute atomic E-state index is 12.9. The number of halogens is 1. The molecule has 0 spiro atoms. The number of amides is 2. The number of nitrogens with zero attached hydrogens (tertiary/aromatic N) is 1. The standard InChI is InChI=1S/C18H22FN3O2/c19-14-6-8-15(9-7-14)21-18(23)20-13-16(17-5-4-12-24-17)22-10-2-1-3-11-22/h4-9,12,16H,1-3,10-11,13H2,(H2,20,21,23)/t16-/m0/s1. The van der Waals surface area contributed by atoms with Crippen molar-refractivity contribution in [1.82, 2.24) is 10.2 Å². The average Bonchev–Trinajstić information content (AvgIpc) is 3.12. The molecule has 0 radical (unpaired) electrons. The normalized spacial score (nSPS) is 16.5. The van der Waals surface area contributed by atoms with Gasteiger partial charge in [-0.15, -0.1) is 0 Å². The van der Waals surface area contributed by atoms with E-state index in [4.69, 9.17) is 4.42 Å². The summed E-state index contributed by atoms with van der Waals surface area (Å²) in [6.45, 7) is 2.47. The SMILES string of the molecule is O=C(NC[C@@H](c1ccco1)N1CCCCC1)Nc1ccc(F)cc1. The summed E-state index contributed by atoms with van der Waals surface area (Å²) in [5.41, 5.74) is 0.557. The van der Waals surface area contributed by atoms with Crippen LogP contribution in [-0.4, -0.2) is 30.6 Å². The lowest BCUT2D eigenvalue weighted by molar-refractivity contribution is 0.144. The van der Waals surface area contributed by atoms with Gasteiger partial charge in [0.05, 0.1) is 12.3 Å². The van der Waals surface area contributed by atoms with Crippen LogP contribution in [0.25, 0.3) is 0 Å². The summed E-state index contributed by atoms with van der Waals surface area (Å²) < 4.78 is 18.5. The molecule has 3 rings (SSSR count). The Balaban J connectivity index is 1.58. The minimum Gasteiger partial charge on any atom is -0.468 e. The highest BCUT2D eigenvalue weighted by atomic mass is 19.1. The van der Waals surface area contributed by atoms with Crippen LogP contribution in [0.5, 0.6) is 0 Å². The number of carbonyl (C=O) groups excluding carboxylic acids is 1. The molecule has 1 atom stereocenters. The minimum atomic E-state index is -0.330. The van der Waals surface area contributed by atoms with Crippen LogP contribution in [0.3, 0.4) is 0 Å². The van der Waals surface area contributed by atoms with Crippen LogP contribution in [0.1, 0.15) is 31.1 Å². The van der Waals surface area contributed by atoms with Crippen molar-refractivity contribution in [1.29, 1.82) is 0 Å². The van der Waals surface area contributed by atoms with Crippen molar-refractivity contribution in [2.45, 2.75) is 25.3 Å². The number of rotatable bonds is 5. The molecule has 2 heterocycles. The third-order valence-electron chi connectivity index (χ3n) is 4.26. The Kier molecular flexibility index (Phi) is 5.48. The zero-order chi connectivity index (χ0) is 16.8. The van der Waals surface area contributed by atoms with Crippen LogP contribution < -0.4 is 10.6 Å². The predicted octanol–water partition coefficient (Wildman–Crippen LogP) is 3.77. The Morgan fingerprint density at radius 1 is 1.17 bits per heavy atom. The van der Waals surface area contributed by atoms with Gasteiger partial charge in [-0.05, 0) is 62.3 Å². The van der Waals surface area contributed by atoms with E-state index in [1.165, 1.54) is 43.5 Å². The highest BCUT2D eigenvalue weighted by Crippen LogP contribution is 2.24. The Morgan fingerprint density at radius 2 is 1.92 bits per heavy atom. The number of piperidine rings is 1. The lowest BCUT2D eigenvalue weighted by atomic mass is 10.1. The van der Waals surface area contributed by atoms with Gasteiger partial charge in [0.2, 0.25) is 0 Å². The first-order valence-corrected chi connectivity index (χ1v) is 8.30. The van der Waals surface area contributed by atoms with Gasteiger partial charge < -0.3 is 15.1 Å². The first-order valence-electron chi connectivity index (χ1n) is 8.30. The zero-order valence-corrected chi connectivity index (χ0v) is 13.5. The van der Waals surface area contributed by atoms with Gasteiger partial charge in [-0.25, -0.2) is 9.18 Å². The van der Waals surface area contributed by atoms with Crippen LogP contribution in [0, 0.1) is 5.82 Å². The molecule has 6 heteroatoms. The van der Waals surface area contributed by atoms with E-state index in [-0.39, 0.29) is 17.9 Å². The molecule has 24 heavy (non-hydrogen) atoms. The molecule has 2 N–H and O–H groups in total. The molecule has 2 aromatic rings. The lowest BCUT2D eigenvalue weighted by Gasteiger charge is -2.33. The van der Waals surface area contributed by atoms with E-state index >= 15 is 0 Å². The van der Waals surface area contributed by atoms with Crippen molar-refractivity contribution in [2.75, 3.05) is 25.0 Å². The van der Waals surface area contributed by atoms with Gasteiger partial charge in [-0.3, -0.25) is 4.90 Å². The number of benzene rings is 1. The van der Waals surface area contributed by atoms with E-state index < -0.39 is 0 Å². The summed E-state index contributed by atoms with van der Waals surface area (Å²) in [5.74, 6) is 0.530. The van der Waals surface area contributed by atoms with E-state index in [0.717, 1.165) is 18.8 Å². The minimum absolute atomic E-state index is 0.0271. The van der Waals surface area contributed by atoms with Crippen LogP contribution in [0.4, 0.5) is 14.9 Å². The maximum atomic E-state index is 12.9. The molecule has 1 aliphatic heterocycles. The quantitative estimate of drug-likeness (QED) is 0.877. The molecule has 0 bridgehead atoms. The van der Waals surface area contributed by atoms with Gasteiger partial charge in [-0.2, -0.15) is 0 Å². The first-order chi connectivity index (χ1) is 11.7. The Morgan fingerprint density at radius 3 is 2.58 bits per heavy atom. The fourth-order valence-electron chi connectivity index (χ4n) is 3.02. The maximum Gasteiger partial charge on any atom is 0.319 e. The number of furan rings is 1. The molecule has 1 aromatic heterocycles. The number of hydrogen-bond donors (Lipinski definition) is 2. The number of anilines is 1. The average molecular weight is 331 g/mol. The number of nitrogens with one attached hydrogen (secondary N) is 2. The van der Waals surface area contributed by atoms with Crippen molar-refractivity contribution in [3.63, 3.8) is 0 Å². The Labute approximate surface area is 140 Å². The predicted molar refractivity (Wildman–Crippen MR) is 90.3 cm³/mol. The van der Waals surface area contributed by atoms with Gasteiger partial charge in [0.25, 0.3) is 0 Å². The fourth-order valence-corrected chi connectivity index (χ4v) is 3.02. The topological polar surface area (TPSA) is 57.5 Å². The van der Waals surface area contributed by atoms with Crippen LogP contribution >= 0.6 is 0 Å². The number of hydrogen-bond acceptors (Lipinski definition) is 3. The fraction of sp³-hybridized carbons (Fsp3) is 0.389. The van der Waals surface area contributed by atoms with E-state index in [1.54, 1.807) is 6.26 Å². The van der Waals surface area contributed by atoms with Crippen molar-refractivity contribution >= 4 is 11.7 Å². The molecule has 128 valence electrons. The molecule has 0 unspecified atom stereocenters. The number of urea groups is 1. The van der Waals surface area contributed by atoms with Gasteiger partial charge >= 0.3 is 6.03 Å². The van der Waals surface area contributed by atoms with Crippen molar-refractivity contribution in [3.8, 4) is 0 Å². The summed E-state index contributed by atoms with van der Waals surface area (Å²) >= 11 is 0. The summed E-state index contributed by atoms with van der Waals surface area (Å²) in [4.78, 5) is 14.4. The first kappa shape index (κ1) is 16.5. The third-order valence-corrected chi connectivity index (χ3v) is 4.26. The molecular formula is C18H22FN3O2. The zero-order valence-electron chi connectivity index (χ0n) is 13.5. The Bertz CT molecular complexity index is 637. The summed E-state index contributed by atoms with van der Waals surface area (Å²) in [6.07, 6.45) is 5.24. The Hall–Kier alpha value is -2.34. The van der Waals surface area contributed by atoms with Gasteiger partial charge in [0, 0.05) is 12.2 Å². The van der Waals surface area contributed by atoms with Gasteiger partial charge in [0.1, 0.15) is 11.6 Å². The van der Waals surface area contributed by atoms with E-state index in [1.807, 2.05) is 12.1 Å². The van der Waals surface area contributed by atoms with Gasteiger partial charge in [0.15, 0.2) is 0 Å². The third kappa shape index (κ3) is 4.35. The van der Waals surface area contributed by atoms with E-state index in [9.17, 15) is 9.18 Å². The van der Waals surface area contributed by atoms with Crippen LogP contribution in [0.2, 0.25) is 0 Å². The second kappa shape index (κ2) is 7.97. The van der Waals surface area contributed by atoms with E-state index in [0.29, 0.717) is 12.2 Å². The molecule has 0 aliphatic carbocycles. The van der Waals surface area contributed by atoms with Crippen molar-refractivity contribution < 1.29 is 13.6 Å². The smallest absolute Gasteiger partial charge is 0.319 e. The van der Waals surface area contributed by atoms with E-state index in [2.05, 4.69) is 15.5 Å². The molecular weight excluding hydrogens is 309 g/mol. The number of likely N-dealkylation sites (tertiary alicyclic amines) is 1. The second-order valence-corrected chi connectivity index (χ2v) is 5.97. The molecule has 5 nitrogen and oxygen atoms in total. The molecule has 1 aromatic carbocycles. The highest BCUT2D eigenvalue weighted by Gasteiger charge is 2.24. The molecule has 2 amide bonds. The lowest BCUT2D eigenvalue weighted by Crippen LogP contribution is -2.41. The monoisotopic (exact) mass is 331 g/mol. The largest absolute Gasteiger partial charge is 0.468 e. The second-order valence-electron chi connectivity index (χ2n) is 5.97. The molecule has 1 aliphatic rings. The molecule has 1 saturated heterocycles.